The van der Waals surface area contributed by atoms with Crippen LogP contribution in [0.2, 0.25) is 0 Å². The summed E-state index contributed by atoms with van der Waals surface area (Å²) >= 11 is 1.56. The molecular weight excluding hydrogens is 267 g/mol. The lowest BCUT2D eigenvalue weighted by Crippen LogP contribution is -2.36. The van der Waals surface area contributed by atoms with Crippen LogP contribution in [0.25, 0.3) is 0 Å². The Bertz CT molecular complexity index is 427. The van der Waals surface area contributed by atoms with Gasteiger partial charge in [0.2, 0.25) is 0 Å². The third kappa shape index (κ3) is 4.80. The predicted octanol–water partition coefficient (Wildman–Crippen LogP) is 2.33. The van der Waals surface area contributed by atoms with Crippen molar-refractivity contribution in [1.82, 2.24) is 0 Å². The summed E-state index contributed by atoms with van der Waals surface area (Å²) in [5.74, 6) is 0.267. The fourth-order valence-electron chi connectivity index (χ4n) is 1.64. The van der Waals surface area contributed by atoms with Crippen LogP contribution >= 0.6 is 11.8 Å². The first-order chi connectivity index (χ1) is 8.89. The minimum absolute atomic E-state index is 0.156. The van der Waals surface area contributed by atoms with E-state index >= 15 is 0 Å². The van der Waals surface area contributed by atoms with Crippen LogP contribution in [0.15, 0.2) is 12.1 Å². The average molecular weight is 288 g/mol. The van der Waals surface area contributed by atoms with Crippen molar-refractivity contribution in [3.63, 3.8) is 0 Å². The second-order valence-electron chi connectivity index (χ2n) is 4.59. The Labute approximate surface area is 117 Å². The minimum Gasteiger partial charge on any atom is -0.491 e. The van der Waals surface area contributed by atoms with Crippen LogP contribution in [0.1, 0.15) is 13.8 Å². The topological polar surface area (TPSA) is 67.5 Å². The van der Waals surface area contributed by atoms with E-state index in [0.717, 1.165) is 0 Å². The van der Waals surface area contributed by atoms with Crippen molar-refractivity contribution >= 4 is 23.1 Å². The molecule has 0 amide bonds. The first-order valence-corrected chi connectivity index (χ1v) is 7.46. The molecule has 108 valence electrons. The van der Waals surface area contributed by atoms with Gasteiger partial charge in [0.15, 0.2) is 11.6 Å². The lowest BCUT2D eigenvalue weighted by atomic mass is 10.1. The van der Waals surface area contributed by atoms with Gasteiger partial charge in [0, 0.05) is 24.4 Å². The third-order valence-corrected chi connectivity index (χ3v) is 3.43. The standard InChI is InChI=1S/C13H21FN2O2S/c1-4-18-12-6-11(10(15)5-9(12)14)16-7-13(2,17)8-19-3/h5-6,16-17H,4,7-8,15H2,1-3H3. The van der Waals surface area contributed by atoms with Gasteiger partial charge in [-0.15, -0.1) is 0 Å². The maximum absolute atomic E-state index is 13.5. The van der Waals surface area contributed by atoms with Crippen molar-refractivity contribution < 1.29 is 14.2 Å². The summed E-state index contributed by atoms with van der Waals surface area (Å²) in [7, 11) is 0. The zero-order valence-electron chi connectivity index (χ0n) is 11.5. The fourth-order valence-corrected chi connectivity index (χ4v) is 2.36. The van der Waals surface area contributed by atoms with Crippen molar-refractivity contribution in [2.24, 2.45) is 0 Å². The van der Waals surface area contributed by atoms with E-state index in [4.69, 9.17) is 10.5 Å². The van der Waals surface area contributed by atoms with Crippen molar-refractivity contribution in [1.29, 1.82) is 0 Å². The van der Waals surface area contributed by atoms with E-state index in [1.807, 2.05) is 6.26 Å². The van der Waals surface area contributed by atoms with Crippen LogP contribution < -0.4 is 15.8 Å². The van der Waals surface area contributed by atoms with Gasteiger partial charge < -0.3 is 20.9 Å². The van der Waals surface area contributed by atoms with Gasteiger partial charge in [-0.1, -0.05) is 0 Å². The van der Waals surface area contributed by atoms with Crippen LogP contribution in [-0.4, -0.2) is 35.9 Å². The van der Waals surface area contributed by atoms with Crippen molar-refractivity contribution in [2.45, 2.75) is 19.4 Å². The Morgan fingerprint density at radius 1 is 1.53 bits per heavy atom. The van der Waals surface area contributed by atoms with Gasteiger partial charge in [-0.2, -0.15) is 11.8 Å². The fraction of sp³-hybridized carbons (Fsp3) is 0.538. The Balaban J connectivity index is 2.80. The minimum atomic E-state index is -0.855. The summed E-state index contributed by atoms with van der Waals surface area (Å²) < 4.78 is 18.7. The van der Waals surface area contributed by atoms with Gasteiger partial charge in [-0.3, -0.25) is 0 Å². The summed E-state index contributed by atoms with van der Waals surface area (Å²) in [5, 5.41) is 13.1. The van der Waals surface area contributed by atoms with Crippen molar-refractivity contribution in [3.05, 3.63) is 17.9 Å². The number of aliphatic hydroxyl groups is 1. The molecule has 0 saturated carbocycles. The number of ether oxygens (including phenoxy) is 1. The zero-order valence-corrected chi connectivity index (χ0v) is 12.3. The molecule has 1 atom stereocenters. The third-order valence-electron chi connectivity index (χ3n) is 2.52. The number of thioether (sulfide) groups is 1. The monoisotopic (exact) mass is 288 g/mol. The van der Waals surface area contributed by atoms with Gasteiger partial charge in [-0.25, -0.2) is 4.39 Å². The van der Waals surface area contributed by atoms with Crippen LogP contribution in [-0.2, 0) is 0 Å². The lowest BCUT2D eigenvalue weighted by Gasteiger charge is -2.24. The number of nitrogens with one attached hydrogen (secondary N) is 1. The Hall–Kier alpha value is -1.14. The molecule has 0 saturated heterocycles. The smallest absolute Gasteiger partial charge is 0.167 e. The second-order valence-corrected chi connectivity index (χ2v) is 5.45. The first kappa shape index (κ1) is 15.9. The Morgan fingerprint density at radius 2 is 2.21 bits per heavy atom. The summed E-state index contributed by atoms with van der Waals surface area (Å²) in [6.45, 7) is 4.23. The van der Waals surface area contributed by atoms with Crippen molar-refractivity contribution in [3.8, 4) is 5.75 Å². The second kappa shape index (κ2) is 6.86. The lowest BCUT2D eigenvalue weighted by molar-refractivity contribution is 0.0997. The maximum atomic E-state index is 13.5. The van der Waals surface area contributed by atoms with E-state index in [1.165, 1.54) is 12.1 Å². The number of anilines is 2. The molecule has 1 unspecified atom stereocenters. The summed E-state index contributed by atoms with van der Waals surface area (Å²) in [6, 6.07) is 2.74. The van der Waals surface area contributed by atoms with Crippen LogP contribution in [0.3, 0.4) is 0 Å². The van der Waals surface area contributed by atoms with E-state index in [2.05, 4.69) is 5.32 Å². The molecule has 0 bridgehead atoms. The summed E-state index contributed by atoms with van der Waals surface area (Å²) in [6.07, 6.45) is 1.92. The molecule has 0 aliphatic carbocycles. The number of nitrogen functional groups attached to an aromatic ring is 1. The SMILES string of the molecule is CCOc1cc(NCC(C)(O)CSC)c(N)cc1F. The van der Waals surface area contributed by atoms with Crippen molar-refractivity contribution in [2.75, 3.05) is 36.2 Å². The van der Waals surface area contributed by atoms with Gasteiger partial charge in [0.25, 0.3) is 0 Å². The summed E-state index contributed by atoms with van der Waals surface area (Å²) in [4.78, 5) is 0. The number of hydrogen-bond donors (Lipinski definition) is 3. The molecule has 0 fully saturated rings. The summed E-state index contributed by atoms with van der Waals surface area (Å²) in [5.41, 5.74) is 5.74. The van der Waals surface area contributed by atoms with E-state index in [9.17, 15) is 9.50 Å². The average Bonchev–Trinajstić information content (AvgIpc) is 2.31. The molecule has 0 heterocycles. The largest absolute Gasteiger partial charge is 0.491 e. The molecule has 4 N–H and O–H groups in total. The Morgan fingerprint density at radius 3 is 2.79 bits per heavy atom. The van der Waals surface area contributed by atoms with E-state index in [0.29, 0.717) is 30.3 Å². The molecule has 4 nitrogen and oxygen atoms in total. The maximum Gasteiger partial charge on any atom is 0.167 e. The zero-order chi connectivity index (χ0) is 14.5. The number of rotatable bonds is 7. The van der Waals surface area contributed by atoms with Crippen LogP contribution in [0.5, 0.6) is 5.75 Å². The molecule has 6 heteroatoms. The first-order valence-electron chi connectivity index (χ1n) is 6.06. The highest BCUT2D eigenvalue weighted by Crippen LogP contribution is 2.28. The molecule has 0 aliphatic heterocycles. The predicted molar refractivity (Wildman–Crippen MR) is 79.5 cm³/mol. The number of hydrogen-bond acceptors (Lipinski definition) is 5. The highest BCUT2D eigenvalue weighted by molar-refractivity contribution is 7.98. The molecule has 0 aliphatic rings. The molecule has 1 aromatic carbocycles. The number of nitrogens with two attached hydrogens (primary N) is 1. The highest BCUT2D eigenvalue weighted by atomic mass is 32.2. The van der Waals surface area contributed by atoms with E-state index in [-0.39, 0.29) is 5.75 Å². The van der Waals surface area contributed by atoms with Crippen LogP contribution in [0, 0.1) is 5.82 Å². The quantitative estimate of drug-likeness (QED) is 0.672. The van der Waals surface area contributed by atoms with E-state index < -0.39 is 11.4 Å². The van der Waals surface area contributed by atoms with Gasteiger partial charge in [-0.05, 0) is 20.1 Å². The molecular formula is C13H21FN2O2S. The van der Waals surface area contributed by atoms with Gasteiger partial charge in [0.1, 0.15) is 0 Å². The molecule has 1 aromatic rings. The van der Waals surface area contributed by atoms with Crippen LogP contribution in [0.4, 0.5) is 15.8 Å². The Kier molecular flexibility index (Phi) is 5.75. The molecule has 0 aromatic heterocycles. The highest BCUT2D eigenvalue weighted by Gasteiger charge is 2.20. The normalized spacial score (nSPS) is 13.9. The molecule has 0 spiro atoms. The van der Waals surface area contributed by atoms with Gasteiger partial charge in [0.05, 0.1) is 23.6 Å². The number of halogens is 1. The van der Waals surface area contributed by atoms with Gasteiger partial charge >= 0.3 is 0 Å². The number of benzene rings is 1. The molecule has 0 radical (unpaired) electrons. The molecule has 19 heavy (non-hydrogen) atoms. The molecule has 1 rings (SSSR count). The van der Waals surface area contributed by atoms with E-state index in [1.54, 1.807) is 25.6 Å².